The average molecular weight is 205 g/mol. The largest absolute Gasteiger partial charge is 0.411 e. The second-order valence-corrected chi connectivity index (χ2v) is 4.75. The van der Waals surface area contributed by atoms with Crippen molar-refractivity contribution in [2.24, 2.45) is 5.73 Å². The van der Waals surface area contributed by atoms with Crippen molar-refractivity contribution in [3.63, 3.8) is 0 Å². The predicted octanol–water partition coefficient (Wildman–Crippen LogP) is -0.117. The van der Waals surface area contributed by atoms with Crippen LogP contribution in [0.5, 0.6) is 0 Å². The van der Waals surface area contributed by atoms with Crippen molar-refractivity contribution in [2.75, 3.05) is 5.75 Å². The molecule has 0 radical (unpaired) electrons. The van der Waals surface area contributed by atoms with E-state index in [9.17, 15) is 8.42 Å². The van der Waals surface area contributed by atoms with Crippen molar-refractivity contribution in [1.29, 1.82) is 0 Å². The molecule has 0 saturated carbocycles. The molecule has 0 amide bonds. The van der Waals surface area contributed by atoms with E-state index >= 15 is 0 Å². The number of sulfone groups is 1. The Labute approximate surface area is 76.1 Å². The number of hydrogen-bond acceptors (Lipinski definition) is 6. The van der Waals surface area contributed by atoms with Crippen LogP contribution in [0.25, 0.3) is 0 Å². The highest BCUT2D eigenvalue weighted by atomic mass is 32.2. The fraction of sp³-hybridized carbons (Fsp3) is 0.667. The molecule has 1 heterocycles. The highest BCUT2D eigenvalue weighted by Gasteiger charge is 2.20. The van der Waals surface area contributed by atoms with Gasteiger partial charge in [-0.05, 0) is 6.92 Å². The summed E-state index contributed by atoms with van der Waals surface area (Å²) in [6.45, 7) is 3.14. The normalized spacial score (nSPS) is 14.4. The van der Waals surface area contributed by atoms with Gasteiger partial charge in [-0.3, -0.25) is 0 Å². The van der Waals surface area contributed by atoms with Crippen LogP contribution in [0.2, 0.25) is 0 Å². The molecule has 1 rings (SSSR count). The van der Waals surface area contributed by atoms with Gasteiger partial charge in [-0.25, -0.2) is 8.42 Å². The molecule has 0 bridgehead atoms. The molecule has 0 aliphatic carbocycles. The predicted molar refractivity (Wildman–Crippen MR) is 44.6 cm³/mol. The number of rotatable bonds is 3. The van der Waals surface area contributed by atoms with Crippen LogP contribution in [-0.4, -0.2) is 24.4 Å². The molecule has 1 unspecified atom stereocenters. The van der Waals surface area contributed by atoms with E-state index in [4.69, 9.17) is 10.2 Å². The molecule has 74 valence electrons. The van der Waals surface area contributed by atoms with E-state index in [-0.39, 0.29) is 16.9 Å². The smallest absolute Gasteiger partial charge is 0.335 e. The zero-order chi connectivity index (χ0) is 10.1. The fourth-order valence-corrected chi connectivity index (χ4v) is 1.28. The van der Waals surface area contributed by atoms with Crippen molar-refractivity contribution in [3.05, 3.63) is 5.89 Å². The van der Waals surface area contributed by atoms with E-state index in [1.807, 2.05) is 0 Å². The van der Waals surface area contributed by atoms with Crippen LogP contribution in [0.1, 0.15) is 25.8 Å². The van der Waals surface area contributed by atoms with Crippen molar-refractivity contribution < 1.29 is 12.8 Å². The molecular formula is C6H11N3O3S. The lowest BCUT2D eigenvalue weighted by Crippen LogP contribution is -2.05. The molecule has 0 aliphatic rings. The first-order valence-electron chi connectivity index (χ1n) is 3.79. The number of nitrogens with two attached hydrogens (primary N) is 1. The van der Waals surface area contributed by atoms with Gasteiger partial charge in [-0.1, -0.05) is 12.0 Å². The second kappa shape index (κ2) is 3.43. The van der Waals surface area contributed by atoms with Gasteiger partial charge in [0, 0.05) is 0 Å². The minimum Gasteiger partial charge on any atom is -0.411 e. The quantitative estimate of drug-likeness (QED) is 0.738. The molecule has 0 aromatic carbocycles. The summed E-state index contributed by atoms with van der Waals surface area (Å²) in [5.74, 6) is 0.0696. The van der Waals surface area contributed by atoms with E-state index < -0.39 is 15.9 Å². The molecular weight excluding hydrogens is 194 g/mol. The Morgan fingerprint density at radius 1 is 1.54 bits per heavy atom. The first-order valence-corrected chi connectivity index (χ1v) is 5.44. The van der Waals surface area contributed by atoms with Gasteiger partial charge in [-0.15, -0.1) is 5.10 Å². The summed E-state index contributed by atoms with van der Waals surface area (Å²) in [6, 6.07) is -0.451. The Morgan fingerprint density at radius 3 is 2.54 bits per heavy atom. The van der Waals surface area contributed by atoms with Gasteiger partial charge in [0.05, 0.1) is 11.8 Å². The summed E-state index contributed by atoms with van der Waals surface area (Å²) < 4.78 is 27.3. The van der Waals surface area contributed by atoms with Crippen LogP contribution in [-0.2, 0) is 9.84 Å². The SMILES string of the molecule is CCS(=O)(=O)c1nnc(C(C)N)o1. The lowest BCUT2D eigenvalue weighted by atomic mass is 10.4. The summed E-state index contributed by atoms with van der Waals surface area (Å²) in [7, 11) is -3.41. The van der Waals surface area contributed by atoms with E-state index in [1.54, 1.807) is 6.92 Å². The van der Waals surface area contributed by atoms with Crippen molar-refractivity contribution in [1.82, 2.24) is 10.2 Å². The maximum atomic E-state index is 11.2. The number of nitrogens with zero attached hydrogens (tertiary/aromatic N) is 2. The van der Waals surface area contributed by atoms with Crippen LogP contribution < -0.4 is 5.73 Å². The Morgan fingerprint density at radius 2 is 2.15 bits per heavy atom. The first-order chi connectivity index (χ1) is 5.97. The maximum absolute atomic E-state index is 11.2. The third kappa shape index (κ3) is 2.04. The Kier molecular flexibility index (Phi) is 2.67. The first kappa shape index (κ1) is 10.1. The fourth-order valence-electron chi connectivity index (χ4n) is 0.654. The van der Waals surface area contributed by atoms with Gasteiger partial charge < -0.3 is 10.2 Å². The third-order valence-corrected chi connectivity index (χ3v) is 2.91. The lowest BCUT2D eigenvalue weighted by Gasteiger charge is -1.95. The van der Waals surface area contributed by atoms with Crippen LogP contribution in [0.4, 0.5) is 0 Å². The summed E-state index contributed by atoms with van der Waals surface area (Å²) in [5, 5.41) is 6.55. The zero-order valence-electron chi connectivity index (χ0n) is 7.39. The summed E-state index contributed by atoms with van der Waals surface area (Å²) in [6.07, 6.45) is 0. The lowest BCUT2D eigenvalue weighted by molar-refractivity contribution is 0.380. The van der Waals surface area contributed by atoms with Crippen LogP contribution in [0.3, 0.4) is 0 Å². The molecule has 1 aromatic rings. The molecule has 7 heteroatoms. The van der Waals surface area contributed by atoms with E-state index in [2.05, 4.69) is 10.2 Å². The third-order valence-electron chi connectivity index (χ3n) is 1.46. The number of hydrogen-bond donors (Lipinski definition) is 1. The summed E-state index contributed by atoms with van der Waals surface area (Å²) in [4.78, 5) is 0. The average Bonchev–Trinajstić information content (AvgIpc) is 2.52. The molecule has 0 fully saturated rings. The Bertz CT molecular complexity index is 382. The van der Waals surface area contributed by atoms with Crippen LogP contribution in [0, 0.1) is 0 Å². The van der Waals surface area contributed by atoms with Gasteiger partial charge in [0.15, 0.2) is 0 Å². The van der Waals surface area contributed by atoms with Gasteiger partial charge in [0.25, 0.3) is 0 Å². The van der Waals surface area contributed by atoms with Gasteiger partial charge >= 0.3 is 5.22 Å². The monoisotopic (exact) mass is 205 g/mol. The Balaban J connectivity index is 3.06. The number of aromatic nitrogens is 2. The van der Waals surface area contributed by atoms with Crippen molar-refractivity contribution in [2.45, 2.75) is 25.1 Å². The van der Waals surface area contributed by atoms with E-state index in [1.165, 1.54) is 6.92 Å². The van der Waals surface area contributed by atoms with Crippen molar-refractivity contribution in [3.8, 4) is 0 Å². The molecule has 6 nitrogen and oxygen atoms in total. The van der Waals surface area contributed by atoms with Gasteiger partial charge in [0.2, 0.25) is 15.7 Å². The molecule has 0 aliphatic heterocycles. The van der Waals surface area contributed by atoms with Gasteiger partial charge in [-0.2, -0.15) is 0 Å². The molecule has 1 aromatic heterocycles. The Hall–Kier alpha value is -0.950. The minimum atomic E-state index is -3.41. The van der Waals surface area contributed by atoms with Crippen LogP contribution in [0.15, 0.2) is 9.64 Å². The summed E-state index contributed by atoms with van der Waals surface area (Å²) in [5.41, 5.74) is 5.42. The molecule has 0 saturated heterocycles. The standard InChI is InChI=1S/C6H11N3O3S/c1-3-13(10,11)6-9-8-5(12-6)4(2)7/h4H,3,7H2,1-2H3. The highest BCUT2D eigenvalue weighted by Crippen LogP contribution is 2.12. The maximum Gasteiger partial charge on any atom is 0.335 e. The zero-order valence-corrected chi connectivity index (χ0v) is 8.21. The molecule has 0 spiro atoms. The van der Waals surface area contributed by atoms with Crippen LogP contribution >= 0.6 is 0 Å². The molecule has 13 heavy (non-hydrogen) atoms. The minimum absolute atomic E-state index is 0.0619. The molecule has 2 N–H and O–H groups in total. The van der Waals surface area contributed by atoms with E-state index in [0.717, 1.165) is 0 Å². The van der Waals surface area contributed by atoms with Crippen molar-refractivity contribution >= 4 is 9.84 Å². The van der Waals surface area contributed by atoms with E-state index in [0.29, 0.717) is 0 Å². The topological polar surface area (TPSA) is 99.1 Å². The second-order valence-electron chi connectivity index (χ2n) is 2.60. The highest BCUT2D eigenvalue weighted by molar-refractivity contribution is 7.91. The molecule has 1 atom stereocenters. The van der Waals surface area contributed by atoms with Gasteiger partial charge in [0.1, 0.15) is 0 Å². The summed E-state index contributed by atoms with van der Waals surface area (Å²) >= 11 is 0.